The molecule has 11 heavy (non-hydrogen) atoms. The van der Waals surface area contributed by atoms with E-state index in [1.54, 1.807) is 0 Å². The average molecular weight is 157 g/mol. The summed E-state index contributed by atoms with van der Waals surface area (Å²) in [4.78, 5) is 0. The second kappa shape index (κ2) is 3.55. The minimum atomic E-state index is 0.107. The molecule has 0 saturated carbocycles. The van der Waals surface area contributed by atoms with E-state index in [1.807, 2.05) is 0 Å². The van der Waals surface area contributed by atoms with Gasteiger partial charge >= 0.3 is 0 Å². The third-order valence-corrected chi connectivity index (χ3v) is 2.31. The lowest BCUT2D eigenvalue weighted by atomic mass is 10.0. The first-order valence-electron chi connectivity index (χ1n) is 4.55. The van der Waals surface area contributed by atoms with E-state index in [2.05, 4.69) is 26.1 Å². The first kappa shape index (κ1) is 9.01. The Kier molecular flexibility index (Phi) is 2.90. The summed E-state index contributed by atoms with van der Waals surface area (Å²) in [5.74, 6) is 0. The van der Waals surface area contributed by atoms with Gasteiger partial charge in [-0.3, -0.25) is 0 Å². The molecule has 0 amide bonds. The minimum Gasteiger partial charge on any atom is -0.371 e. The second-order valence-electron chi connectivity index (χ2n) is 3.70. The molecule has 2 unspecified atom stereocenters. The predicted molar refractivity (Wildman–Crippen MR) is 46.7 cm³/mol. The van der Waals surface area contributed by atoms with Gasteiger partial charge in [-0.05, 0) is 33.2 Å². The Labute approximate surface area is 69.3 Å². The highest BCUT2D eigenvalue weighted by Crippen LogP contribution is 2.28. The van der Waals surface area contributed by atoms with Crippen molar-refractivity contribution in [3.63, 3.8) is 0 Å². The SMILES string of the molecule is CCNCC1(C)CCC(C)O1. The molecule has 2 nitrogen and oxygen atoms in total. The Bertz CT molecular complexity index is 127. The van der Waals surface area contributed by atoms with E-state index in [0.29, 0.717) is 6.10 Å². The van der Waals surface area contributed by atoms with Crippen LogP contribution in [0.1, 0.15) is 33.6 Å². The zero-order valence-electron chi connectivity index (χ0n) is 7.81. The summed E-state index contributed by atoms with van der Waals surface area (Å²) < 4.78 is 5.79. The molecule has 0 bridgehead atoms. The highest BCUT2D eigenvalue weighted by atomic mass is 16.5. The first-order valence-corrected chi connectivity index (χ1v) is 4.55. The summed E-state index contributed by atoms with van der Waals surface area (Å²) in [6.45, 7) is 8.50. The number of ether oxygens (including phenoxy) is 1. The molecule has 1 rings (SSSR count). The highest BCUT2D eigenvalue weighted by molar-refractivity contribution is 4.85. The van der Waals surface area contributed by atoms with Crippen LogP contribution in [0.5, 0.6) is 0 Å². The standard InChI is InChI=1S/C9H19NO/c1-4-10-7-9(3)6-5-8(2)11-9/h8,10H,4-7H2,1-3H3. The summed E-state index contributed by atoms with van der Waals surface area (Å²) >= 11 is 0. The van der Waals surface area contributed by atoms with Gasteiger partial charge in [-0.2, -0.15) is 0 Å². The largest absolute Gasteiger partial charge is 0.371 e. The number of hydrogen-bond donors (Lipinski definition) is 1. The van der Waals surface area contributed by atoms with Gasteiger partial charge in [0, 0.05) is 6.54 Å². The molecule has 1 heterocycles. The van der Waals surface area contributed by atoms with E-state index in [1.165, 1.54) is 12.8 Å². The Hall–Kier alpha value is -0.0800. The molecule has 1 N–H and O–H groups in total. The van der Waals surface area contributed by atoms with Crippen LogP contribution in [0.4, 0.5) is 0 Å². The fraction of sp³-hybridized carbons (Fsp3) is 1.00. The van der Waals surface area contributed by atoms with Gasteiger partial charge in [-0.15, -0.1) is 0 Å². The summed E-state index contributed by atoms with van der Waals surface area (Å²) in [6, 6.07) is 0. The van der Waals surface area contributed by atoms with Gasteiger partial charge in [0.2, 0.25) is 0 Å². The fourth-order valence-corrected chi connectivity index (χ4v) is 1.63. The molecule has 1 aliphatic heterocycles. The van der Waals surface area contributed by atoms with Crippen molar-refractivity contribution in [2.75, 3.05) is 13.1 Å². The monoisotopic (exact) mass is 157 g/mol. The maximum atomic E-state index is 5.79. The molecule has 2 heteroatoms. The molecule has 1 aliphatic rings. The van der Waals surface area contributed by atoms with Crippen molar-refractivity contribution >= 4 is 0 Å². The van der Waals surface area contributed by atoms with Crippen LogP contribution in [-0.2, 0) is 4.74 Å². The zero-order valence-corrected chi connectivity index (χ0v) is 7.81. The number of rotatable bonds is 3. The van der Waals surface area contributed by atoms with Crippen molar-refractivity contribution in [1.29, 1.82) is 0 Å². The third-order valence-electron chi connectivity index (χ3n) is 2.31. The molecule has 2 atom stereocenters. The molecule has 0 radical (unpaired) electrons. The summed E-state index contributed by atoms with van der Waals surface area (Å²) in [5.41, 5.74) is 0.107. The molecule has 1 fully saturated rings. The Morgan fingerprint density at radius 3 is 2.82 bits per heavy atom. The average Bonchev–Trinajstić information content (AvgIpc) is 2.28. The van der Waals surface area contributed by atoms with E-state index in [9.17, 15) is 0 Å². The van der Waals surface area contributed by atoms with Crippen LogP contribution in [0.2, 0.25) is 0 Å². The van der Waals surface area contributed by atoms with Gasteiger partial charge in [0.25, 0.3) is 0 Å². The molecule has 66 valence electrons. The smallest absolute Gasteiger partial charge is 0.0782 e. The lowest BCUT2D eigenvalue weighted by Gasteiger charge is -2.24. The van der Waals surface area contributed by atoms with E-state index in [-0.39, 0.29) is 5.60 Å². The van der Waals surface area contributed by atoms with Crippen molar-refractivity contribution in [3.05, 3.63) is 0 Å². The van der Waals surface area contributed by atoms with Crippen molar-refractivity contribution in [1.82, 2.24) is 5.32 Å². The lowest BCUT2D eigenvalue weighted by Crippen LogP contribution is -2.37. The molecule has 1 saturated heterocycles. The normalized spacial score (nSPS) is 37.9. The van der Waals surface area contributed by atoms with E-state index >= 15 is 0 Å². The van der Waals surface area contributed by atoms with E-state index in [4.69, 9.17) is 4.74 Å². The zero-order chi connectivity index (χ0) is 8.32. The van der Waals surface area contributed by atoms with Gasteiger partial charge in [0.15, 0.2) is 0 Å². The number of hydrogen-bond acceptors (Lipinski definition) is 2. The predicted octanol–water partition coefficient (Wildman–Crippen LogP) is 1.55. The molecule has 0 spiro atoms. The second-order valence-corrected chi connectivity index (χ2v) is 3.70. The fourth-order valence-electron chi connectivity index (χ4n) is 1.63. The van der Waals surface area contributed by atoms with Crippen molar-refractivity contribution in [2.24, 2.45) is 0 Å². The number of likely N-dealkylation sites (N-methyl/N-ethyl adjacent to an activating group) is 1. The molecule has 0 aromatic heterocycles. The summed E-state index contributed by atoms with van der Waals surface area (Å²) in [7, 11) is 0. The third kappa shape index (κ3) is 2.46. The van der Waals surface area contributed by atoms with E-state index in [0.717, 1.165) is 13.1 Å². The molecule has 0 aromatic rings. The molecular formula is C9H19NO. The van der Waals surface area contributed by atoms with Gasteiger partial charge in [0.05, 0.1) is 11.7 Å². The van der Waals surface area contributed by atoms with Gasteiger partial charge < -0.3 is 10.1 Å². The number of nitrogens with one attached hydrogen (secondary N) is 1. The highest BCUT2D eigenvalue weighted by Gasteiger charge is 2.32. The van der Waals surface area contributed by atoms with Gasteiger partial charge in [-0.1, -0.05) is 6.92 Å². The van der Waals surface area contributed by atoms with Crippen molar-refractivity contribution < 1.29 is 4.74 Å². The van der Waals surface area contributed by atoms with Crippen LogP contribution in [0, 0.1) is 0 Å². The topological polar surface area (TPSA) is 21.3 Å². The van der Waals surface area contributed by atoms with Gasteiger partial charge in [0.1, 0.15) is 0 Å². The Morgan fingerprint density at radius 2 is 2.36 bits per heavy atom. The molecule has 0 aliphatic carbocycles. The Balaban J connectivity index is 2.29. The van der Waals surface area contributed by atoms with E-state index < -0.39 is 0 Å². The Morgan fingerprint density at radius 1 is 1.64 bits per heavy atom. The maximum Gasteiger partial charge on any atom is 0.0782 e. The van der Waals surface area contributed by atoms with Crippen molar-refractivity contribution in [2.45, 2.75) is 45.3 Å². The van der Waals surface area contributed by atoms with Crippen LogP contribution in [-0.4, -0.2) is 24.8 Å². The maximum absolute atomic E-state index is 5.79. The summed E-state index contributed by atoms with van der Waals surface area (Å²) in [5, 5.41) is 3.33. The minimum absolute atomic E-state index is 0.107. The van der Waals surface area contributed by atoms with Crippen LogP contribution in [0.15, 0.2) is 0 Å². The van der Waals surface area contributed by atoms with Crippen LogP contribution in [0.3, 0.4) is 0 Å². The van der Waals surface area contributed by atoms with Crippen LogP contribution < -0.4 is 5.32 Å². The van der Waals surface area contributed by atoms with Crippen LogP contribution in [0.25, 0.3) is 0 Å². The summed E-state index contributed by atoms with van der Waals surface area (Å²) in [6.07, 6.45) is 2.86. The molecule has 0 aromatic carbocycles. The molecular weight excluding hydrogens is 138 g/mol. The van der Waals surface area contributed by atoms with Crippen LogP contribution >= 0.6 is 0 Å². The first-order chi connectivity index (χ1) is 5.16. The quantitative estimate of drug-likeness (QED) is 0.671. The lowest BCUT2D eigenvalue weighted by molar-refractivity contribution is -0.0189. The van der Waals surface area contributed by atoms with Crippen molar-refractivity contribution in [3.8, 4) is 0 Å². The van der Waals surface area contributed by atoms with Gasteiger partial charge in [-0.25, -0.2) is 0 Å².